The highest BCUT2D eigenvalue weighted by Gasteiger charge is 2.35. The van der Waals surface area contributed by atoms with Gasteiger partial charge in [0.15, 0.2) is 11.5 Å². The van der Waals surface area contributed by atoms with Crippen molar-refractivity contribution in [2.24, 2.45) is 5.73 Å². The monoisotopic (exact) mass is 328 g/mol. The van der Waals surface area contributed by atoms with E-state index in [9.17, 15) is 10.4 Å². The maximum atomic E-state index is 10.1. The van der Waals surface area contributed by atoms with Gasteiger partial charge in [-0.25, -0.2) is 0 Å². The highest BCUT2D eigenvalue weighted by molar-refractivity contribution is 5.57. The molecule has 1 aromatic heterocycles. The van der Waals surface area contributed by atoms with Crippen LogP contribution >= 0.6 is 0 Å². The molecule has 2 aromatic rings. The number of nitrogens with zero attached hydrogens (tertiary/aromatic N) is 2. The maximum Gasteiger partial charge on any atom is 0.244 e. The van der Waals surface area contributed by atoms with Crippen molar-refractivity contribution in [1.29, 1.82) is 5.26 Å². The molecule has 0 saturated carbocycles. The molecule has 1 aromatic carbocycles. The number of hydrogen-bond donors (Lipinski definition) is 3. The van der Waals surface area contributed by atoms with Crippen molar-refractivity contribution in [1.82, 2.24) is 10.2 Å². The Labute approximate surface area is 138 Å². The van der Waals surface area contributed by atoms with Crippen molar-refractivity contribution >= 4 is 0 Å². The van der Waals surface area contributed by atoms with Crippen LogP contribution in [0.4, 0.5) is 0 Å². The Hall–Kier alpha value is -3.18. The number of nitrogens with one attached hydrogen (secondary N) is 1. The Balaban J connectivity index is 2.19. The summed E-state index contributed by atoms with van der Waals surface area (Å²) in [5.41, 5.74) is 8.11. The zero-order valence-electron chi connectivity index (χ0n) is 13.2. The Morgan fingerprint density at radius 3 is 2.88 bits per heavy atom. The van der Waals surface area contributed by atoms with Gasteiger partial charge < -0.3 is 25.1 Å². The van der Waals surface area contributed by atoms with Crippen molar-refractivity contribution in [3.05, 3.63) is 46.5 Å². The summed E-state index contributed by atoms with van der Waals surface area (Å²) in [6, 6.07) is 7.00. The SMILES string of the molecule is COCc1[nH]nc2c1[C@@H](c1ccc(OC)c(O)c1)C(C#N)=C(N)O2. The smallest absolute Gasteiger partial charge is 0.244 e. The summed E-state index contributed by atoms with van der Waals surface area (Å²) in [6.07, 6.45) is 0. The number of fused-ring (bicyclic) bond motifs is 1. The van der Waals surface area contributed by atoms with E-state index in [2.05, 4.69) is 16.3 Å². The van der Waals surface area contributed by atoms with Gasteiger partial charge in [-0.1, -0.05) is 6.07 Å². The van der Waals surface area contributed by atoms with Crippen LogP contribution in [0, 0.1) is 11.3 Å². The quantitative estimate of drug-likeness (QED) is 0.776. The molecule has 8 heteroatoms. The number of benzene rings is 1. The predicted octanol–water partition coefficient (Wildman–Crippen LogP) is 1.49. The molecule has 124 valence electrons. The topological polar surface area (TPSA) is 126 Å². The lowest BCUT2D eigenvalue weighted by atomic mass is 9.84. The summed E-state index contributed by atoms with van der Waals surface area (Å²) >= 11 is 0. The van der Waals surface area contributed by atoms with E-state index in [1.54, 1.807) is 19.2 Å². The summed E-state index contributed by atoms with van der Waals surface area (Å²) in [7, 11) is 3.02. The molecule has 3 rings (SSSR count). The van der Waals surface area contributed by atoms with E-state index < -0.39 is 5.92 Å². The van der Waals surface area contributed by atoms with Gasteiger partial charge in [0.1, 0.15) is 11.6 Å². The van der Waals surface area contributed by atoms with E-state index in [4.69, 9.17) is 19.9 Å². The molecule has 0 unspecified atom stereocenters. The molecule has 0 aliphatic carbocycles. The summed E-state index contributed by atoms with van der Waals surface area (Å²) in [4.78, 5) is 0. The number of nitriles is 1. The number of aromatic hydroxyl groups is 1. The Kier molecular flexibility index (Phi) is 4.02. The Morgan fingerprint density at radius 1 is 1.46 bits per heavy atom. The standard InChI is InChI=1S/C16H16N4O4/c1-22-7-10-14-13(8-3-4-12(23-2)11(21)5-8)9(6-17)15(18)24-16(14)20-19-10/h3-5,13,21H,7,18H2,1-2H3,(H,19,20)/t13-/m0/s1. The van der Waals surface area contributed by atoms with E-state index >= 15 is 0 Å². The normalized spacial score (nSPS) is 16.3. The zero-order valence-corrected chi connectivity index (χ0v) is 13.2. The van der Waals surface area contributed by atoms with Crippen LogP contribution in [0.15, 0.2) is 29.7 Å². The van der Waals surface area contributed by atoms with Gasteiger partial charge in [0.05, 0.1) is 30.9 Å². The molecule has 24 heavy (non-hydrogen) atoms. The summed E-state index contributed by atoms with van der Waals surface area (Å²) < 4.78 is 15.7. The van der Waals surface area contributed by atoms with Crippen LogP contribution in [0.25, 0.3) is 0 Å². The number of aromatic amines is 1. The fourth-order valence-electron chi connectivity index (χ4n) is 2.78. The molecule has 1 aliphatic heterocycles. The zero-order chi connectivity index (χ0) is 17.3. The van der Waals surface area contributed by atoms with Gasteiger partial charge in [-0.3, -0.25) is 5.10 Å². The van der Waals surface area contributed by atoms with Crippen molar-refractivity contribution in [3.63, 3.8) is 0 Å². The van der Waals surface area contributed by atoms with Crippen LogP contribution in [0.3, 0.4) is 0 Å². The van der Waals surface area contributed by atoms with Gasteiger partial charge in [-0.05, 0) is 17.7 Å². The number of aromatic nitrogens is 2. The first-order valence-corrected chi connectivity index (χ1v) is 7.11. The van der Waals surface area contributed by atoms with E-state index in [0.717, 1.165) is 0 Å². The lowest BCUT2D eigenvalue weighted by Gasteiger charge is -2.24. The van der Waals surface area contributed by atoms with Crippen LogP contribution in [0.2, 0.25) is 0 Å². The molecule has 2 heterocycles. The van der Waals surface area contributed by atoms with Crippen LogP contribution < -0.4 is 15.2 Å². The van der Waals surface area contributed by atoms with E-state index in [-0.39, 0.29) is 23.8 Å². The second-order valence-corrected chi connectivity index (χ2v) is 5.21. The minimum Gasteiger partial charge on any atom is -0.504 e. The number of phenols is 1. The lowest BCUT2D eigenvalue weighted by molar-refractivity contribution is 0.180. The Morgan fingerprint density at radius 2 is 2.25 bits per heavy atom. The van der Waals surface area contributed by atoms with Crippen LogP contribution in [-0.4, -0.2) is 29.5 Å². The number of hydrogen-bond acceptors (Lipinski definition) is 7. The fraction of sp³-hybridized carbons (Fsp3) is 0.250. The highest BCUT2D eigenvalue weighted by atomic mass is 16.5. The minimum atomic E-state index is -0.528. The third-order valence-corrected chi connectivity index (χ3v) is 3.84. The fourth-order valence-corrected chi connectivity index (χ4v) is 2.78. The van der Waals surface area contributed by atoms with Gasteiger partial charge in [0, 0.05) is 7.11 Å². The first-order chi connectivity index (χ1) is 11.6. The predicted molar refractivity (Wildman–Crippen MR) is 83.3 cm³/mol. The van der Waals surface area contributed by atoms with Crippen LogP contribution in [-0.2, 0) is 11.3 Å². The van der Waals surface area contributed by atoms with E-state index in [1.807, 2.05) is 0 Å². The van der Waals surface area contributed by atoms with Crippen LogP contribution in [0.5, 0.6) is 17.4 Å². The second kappa shape index (κ2) is 6.14. The number of rotatable bonds is 4. The number of allylic oxidation sites excluding steroid dienone is 1. The number of H-pyrrole nitrogens is 1. The number of phenolic OH excluding ortho intramolecular Hbond substituents is 1. The van der Waals surface area contributed by atoms with E-state index in [1.165, 1.54) is 13.2 Å². The molecular weight excluding hydrogens is 312 g/mol. The van der Waals surface area contributed by atoms with Gasteiger partial charge in [0.2, 0.25) is 11.8 Å². The molecule has 0 saturated heterocycles. The van der Waals surface area contributed by atoms with Crippen molar-refractivity contribution in [2.75, 3.05) is 14.2 Å². The average molecular weight is 328 g/mol. The molecule has 1 aliphatic rings. The van der Waals surface area contributed by atoms with Crippen LogP contribution in [0.1, 0.15) is 22.7 Å². The molecule has 0 radical (unpaired) electrons. The average Bonchev–Trinajstić information content (AvgIpc) is 2.96. The van der Waals surface area contributed by atoms with Gasteiger partial charge in [0.25, 0.3) is 0 Å². The van der Waals surface area contributed by atoms with Gasteiger partial charge in [-0.2, -0.15) is 5.26 Å². The molecule has 0 amide bonds. The Bertz CT molecular complexity index is 850. The highest BCUT2D eigenvalue weighted by Crippen LogP contribution is 2.44. The molecule has 8 nitrogen and oxygen atoms in total. The first kappa shape index (κ1) is 15.7. The first-order valence-electron chi connectivity index (χ1n) is 7.11. The van der Waals surface area contributed by atoms with Crippen molar-refractivity contribution in [3.8, 4) is 23.4 Å². The summed E-state index contributed by atoms with van der Waals surface area (Å²) in [6.45, 7) is 0.267. The van der Waals surface area contributed by atoms with Gasteiger partial charge >= 0.3 is 0 Å². The molecule has 0 fully saturated rings. The molecular formula is C16H16N4O4. The maximum absolute atomic E-state index is 10.1. The molecule has 0 spiro atoms. The molecule has 1 atom stereocenters. The molecule has 4 N–H and O–H groups in total. The van der Waals surface area contributed by atoms with E-state index in [0.29, 0.717) is 28.5 Å². The number of methoxy groups -OCH3 is 2. The summed E-state index contributed by atoms with van der Waals surface area (Å²) in [5.74, 6) is 0.0561. The number of nitrogens with two attached hydrogens (primary N) is 1. The summed E-state index contributed by atoms with van der Waals surface area (Å²) in [5, 5.41) is 26.5. The van der Waals surface area contributed by atoms with Crippen molar-refractivity contribution in [2.45, 2.75) is 12.5 Å². The molecule has 0 bridgehead atoms. The van der Waals surface area contributed by atoms with Crippen molar-refractivity contribution < 1.29 is 19.3 Å². The lowest BCUT2D eigenvalue weighted by Crippen LogP contribution is -2.21. The minimum absolute atomic E-state index is 0.0132. The number of ether oxygens (including phenoxy) is 3. The third kappa shape index (κ3) is 2.41. The largest absolute Gasteiger partial charge is 0.504 e. The third-order valence-electron chi connectivity index (χ3n) is 3.84. The second-order valence-electron chi connectivity index (χ2n) is 5.21. The van der Waals surface area contributed by atoms with Gasteiger partial charge in [-0.15, -0.1) is 5.10 Å².